The zero-order valence-electron chi connectivity index (χ0n) is 10.7. The second kappa shape index (κ2) is 5.68. The van der Waals surface area contributed by atoms with Crippen molar-refractivity contribution in [2.24, 2.45) is 5.92 Å². The van der Waals surface area contributed by atoms with E-state index in [0.717, 1.165) is 37.5 Å². The number of carboxylic acids is 1. The summed E-state index contributed by atoms with van der Waals surface area (Å²) in [6, 6.07) is 3.17. The van der Waals surface area contributed by atoms with Crippen LogP contribution in [0.1, 0.15) is 40.0 Å². The number of carbonyl (C=O) groups excluding carboxylic acids is 1. The van der Waals surface area contributed by atoms with Gasteiger partial charge in [-0.1, -0.05) is 6.42 Å². The second-order valence-corrected chi connectivity index (χ2v) is 4.84. The predicted octanol–water partition coefficient (Wildman–Crippen LogP) is 1.82. The summed E-state index contributed by atoms with van der Waals surface area (Å²) in [5.41, 5.74) is -0.678. The molecule has 0 spiro atoms. The highest BCUT2D eigenvalue weighted by atomic mass is 16.6. The Bertz CT molecular complexity index is 534. The summed E-state index contributed by atoms with van der Waals surface area (Å²) in [6.07, 6.45) is 3.28. The zero-order valence-corrected chi connectivity index (χ0v) is 10.7. The van der Waals surface area contributed by atoms with Gasteiger partial charge in [-0.05, 0) is 24.8 Å². The predicted molar refractivity (Wildman–Crippen MR) is 69.7 cm³/mol. The molecule has 1 amide bonds. The molecular formula is C13H14N2O5. The fraction of sp³-hybridized carbons (Fsp3) is 0.385. The Hall–Kier alpha value is -2.44. The molecule has 2 N–H and O–H groups in total. The van der Waals surface area contributed by atoms with Gasteiger partial charge in [-0.25, -0.2) is 4.79 Å². The van der Waals surface area contributed by atoms with Gasteiger partial charge in [0.05, 0.1) is 10.5 Å². The maximum atomic E-state index is 11.9. The molecule has 2 rings (SSSR count). The van der Waals surface area contributed by atoms with Crippen LogP contribution >= 0.6 is 0 Å². The van der Waals surface area contributed by atoms with Crippen molar-refractivity contribution in [3.8, 4) is 0 Å². The molecule has 0 heterocycles. The van der Waals surface area contributed by atoms with Gasteiger partial charge in [0, 0.05) is 24.2 Å². The van der Waals surface area contributed by atoms with Crippen LogP contribution in [-0.2, 0) is 0 Å². The number of hydrogen-bond acceptors (Lipinski definition) is 4. The van der Waals surface area contributed by atoms with Gasteiger partial charge >= 0.3 is 5.97 Å². The second-order valence-electron chi connectivity index (χ2n) is 4.84. The molecule has 0 aromatic heterocycles. The van der Waals surface area contributed by atoms with Gasteiger partial charge in [0.2, 0.25) is 0 Å². The number of non-ortho nitro benzene ring substituents is 1. The lowest BCUT2D eigenvalue weighted by Gasteiger charge is -2.25. The van der Waals surface area contributed by atoms with E-state index in [9.17, 15) is 19.7 Å². The van der Waals surface area contributed by atoms with Gasteiger partial charge in [-0.2, -0.15) is 0 Å². The van der Waals surface area contributed by atoms with Crippen LogP contribution in [0.15, 0.2) is 18.2 Å². The Kier molecular flexibility index (Phi) is 3.97. The normalized spacial score (nSPS) is 14.4. The molecule has 0 saturated heterocycles. The molecular weight excluding hydrogens is 264 g/mol. The van der Waals surface area contributed by atoms with Crippen LogP contribution in [0.4, 0.5) is 5.69 Å². The number of rotatable bonds is 5. The summed E-state index contributed by atoms with van der Waals surface area (Å²) < 4.78 is 0. The van der Waals surface area contributed by atoms with E-state index in [2.05, 4.69) is 5.32 Å². The minimum Gasteiger partial charge on any atom is -0.478 e. The van der Waals surface area contributed by atoms with E-state index in [1.165, 1.54) is 0 Å². The highest BCUT2D eigenvalue weighted by Gasteiger charge is 2.20. The molecule has 1 aromatic rings. The summed E-state index contributed by atoms with van der Waals surface area (Å²) in [6.45, 7) is 0.518. The Morgan fingerprint density at radius 3 is 2.45 bits per heavy atom. The Balaban J connectivity index is 2.17. The Labute approximate surface area is 114 Å². The number of nitro benzene ring substituents is 1. The summed E-state index contributed by atoms with van der Waals surface area (Å²) >= 11 is 0. The highest BCUT2D eigenvalue weighted by molar-refractivity contribution is 5.98. The van der Waals surface area contributed by atoms with Crippen LogP contribution in [0, 0.1) is 16.0 Å². The fourth-order valence-corrected chi connectivity index (χ4v) is 2.01. The topological polar surface area (TPSA) is 110 Å². The monoisotopic (exact) mass is 278 g/mol. The van der Waals surface area contributed by atoms with Crippen LogP contribution in [0.5, 0.6) is 0 Å². The number of carbonyl (C=O) groups is 2. The lowest BCUT2D eigenvalue weighted by atomic mass is 9.85. The largest absolute Gasteiger partial charge is 0.478 e. The van der Waals surface area contributed by atoms with Crippen molar-refractivity contribution < 1.29 is 19.6 Å². The number of amides is 1. The number of hydrogen-bond donors (Lipinski definition) is 2. The maximum Gasteiger partial charge on any atom is 0.335 e. The molecule has 106 valence electrons. The molecule has 0 bridgehead atoms. The molecule has 0 aliphatic heterocycles. The lowest BCUT2D eigenvalue weighted by Crippen LogP contribution is -2.32. The summed E-state index contributed by atoms with van der Waals surface area (Å²) in [4.78, 5) is 32.9. The number of carboxylic acid groups (broad SMARTS) is 1. The smallest absolute Gasteiger partial charge is 0.335 e. The molecule has 7 heteroatoms. The molecule has 1 aliphatic carbocycles. The maximum absolute atomic E-state index is 11.9. The van der Waals surface area contributed by atoms with Crippen molar-refractivity contribution in [2.75, 3.05) is 6.54 Å². The van der Waals surface area contributed by atoms with Crippen molar-refractivity contribution >= 4 is 17.6 Å². The van der Waals surface area contributed by atoms with E-state index in [-0.39, 0.29) is 11.1 Å². The summed E-state index contributed by atoms with van der Waals surface area (Å²) in [7, 11) is 0. The molecule has 0 radical (unpaired) electrons. The van der Waals surface area contributed by atoms with E-state index >= 15 is 0 Å². The minimum absolute atomic E-state index is 0.00377. The standard InChI is InChI=1S/C13H14N2O5/c16-12(14-7-8-2-1-3-8)9-4-10(13(17)18)6-11(5-9)15(19)20/h4-6,8H,1-3,7H2,(H,14,16)(H,17,18). The van der Waals surface area contributed by atoms with E-state index in [1.54, 1.807) is 0 Å². The Morgan fingerprint density at radius 2 is 1.95 bits per heavy atom. The average molecular weight is 278 g/mol. The molecule has 1 aliphatic rings. The first-order valence-electron chi connectivity index (χ1n) is 6.28. The SMILES string of the molecule is O=C(O)c1cc(C(=O)NCC2CCC2)cc([N+](=O)[O-])c1. The molecule has 7 nitrogen and oxygen atoms in total. The first-order valence-corrected chi connectivity index (χ1v) is 6.28. The van der Waals surface area contributed by atoms with Gasteiger partial charge in [-0.15, -0.1) is 0 Å². The van der Waals surface area contributed by atoms with Gasteiger partial charge in [0.1, 0.15) is 0 Å². The third-order valence-corrected chi connectivity index (χ3v) is 3.41. The number of nitrogens with zero attached hydrogens (tertiary/aromatic N) is 1. The number of nitro groups is 1. The van der Waals surface area contributed by atoms with E-state index in [1.807, 2.05) is 0 Å². The quantitative estimate of drug-likeness (QED) is 0.630. The molecule has 1 aromatic carbocycles. The first kappa shape index (κ1) is 14.0. The number of nitrogens with one attached hydrogen (secondary N) is 1. The number of aromatic carboxylic acids is 1. The van der Waals surface area contributed by atoms with Crippen LogP contribution in [-0.4, -0.2) is 28.5 Å². The molecule has 1 fully saturated rings. The van der Waals surface area contributed by atoms with Crippen LogP contribution in [0.2, 0.25) is 0 Å². The zero-order chi connectivity index (χ0) is 14.7. The van der Waals surface area contributed by atoms with Crippen LogP contribution < -0.4 is 5.32 Å². The third-order valence-electron chi connectivity index (χ3n) is 3.41. The van der Waals surface area contributed by atoms with Crippen molar-refractivity contribution in [2.45, 2.75) is 19.3 Å². The van der Waals surface area contributed by atoms with Crippen molar-refractivity contribution in [1.29, 1.82) is 0 Å². The minimum atomic E-state index is -1.30. The Morgan fingerprint density at radius 1 is 1.30 bits per heavy atom. The fourth-order valence-electron chi connectivity index (χ4n) is 2.01. The van der Waals surface area contributed by atoms with Crippen molar-refractivity contribution in [1.82, 2.24) is 5.32 Å². The van der Waals surface area contributed by atoms with Crippen molar-refractivity contribution in [3.63, 3.8) is 0 Å². The molecule has 0 unspecified atom stereocenters. The molecule has 1 saturated carbocycles. The van der Waals surface area contributed by atoms with Gasteiger partial charge in [-0.3, -0.25) is 14.9 Å². The van der Waals surface area contributed by atoms with Crippen molar-refractivity contribution in [3.05, 3.63) is 39.4 Å². The average Bonchev–Trinajstić information content (AvgIpc) is 2.36. The van der Waals surface area contributed by atoms with Crippen LogP contribution in [0.25, 0.3) is 0 Å². The van der Waals surface area contributed by atoms with E-state index in [4.69, 9.17) is 5.11 Å². The first-order chi connectivity index (χ1) is 9.47. The lowest BCUT2D eigenvalue weighted by molar-refractivity contribution is -0.384. The van der Waals surface area contributed by atoms with Gasteiger partial charge in [0.15, 0.2) is 0 Å². The highest BCUT2D eigenvalue weighted by Crippen LogP contribution is 2.25. The van der Waals surface area contributed by atoms with E-state index in [0.29, 0.717) is 12.5 Å². The van der Waals surface area contributed by atoms with E-state index < -0.39 is 22.5 Å². The third kappa shape index (κ3) is 3.11. The molecule has 0 atom stereocenters. The van der Waals surface area contributed by atoms with Gasteiger partial charge in [0.25, 0.3) is 11.6 Å². The summed E-state index contributed by atoms with van der Waals surface area (Å²) in [5.74, 6) is -1.33. The van der Waals surface area contributed by atoms with Gasteiger partial charge < -0.3 is 10.4 Å². The summed E-state index contributed by atoms with van der Waals surface area (Å²) in [5, 5.41) is 22.3. The number of benzene rings is 1. The molecule has 20 heavy (non-hydrogen) atoms. The van der Waals surface area contributed by atoms with Crippen LogP contribution in [0.3, 0.4) is 0 Å².